The summed E-state index contributed by atoms with van der Waals surface area (Å²) >= 11 is 5.94. The van der Waals surface area contributed by atoms with Gasteiger partial charge in [-0.2, -0.15) is 13.9 Å². The summed E-state index contributed by atoms with van der Waals surface area (Å²) in [4.78, 5) is 12.1. The first-order valence-electron chi connectivity index (χ1n) is 7.77. The molecule has 0 radical (unpaired) electrons. The largest absolute Gasteiger partial charge is 0.479 e. The highest BCUT2D eigenvalue weighted by molar-refractivity contribution is 6.31. The third-order valence-corrected chi connectivity index (χ3v) is 4.06. The third kappa shape index (κ3) is 3.96. The molecule has 0 aliphatic rings. The number of nitrogens with one attached hydrogen (secondary N) is 1. The van der Waals surface area contributed by atoms with Crippen molar-refractivity contribution in [3.63, 3.8) is 0 Å². The second-order valence-electron chi connectivity index (χ2n) is 5.60. The molecule has 6 nitrogen and oxygen atoms in total. The van der Waals surface area contributed by atoms with Crippen molar-refractivity contribution in [2.24, 2.45) is 7.05 Å². The fourth-order valence-corrected chi connectivity index (χ4v) is 2.52. The van der Waals surface area contributed by atoms with Gasteiger partial charge in [-0.3, -0.25) is 9.48 Å². The third-order valence-electron chi connectivity index (χ3n) is 3.74. The van der Waals surface area contributed by atoms with Crippen molar-refractivity contribution in [1.82, 2.24) is 15.1 Å². The lowest BCUT2D eigenvalue weighted by molar-refractivity contribution is 0.0917. The molecule has 3 aromatic rings. The van der Waals surface area contributed by atoms with Crippen molar-refractivity contribution in [3.8, 4) is 5.75 Å². The maximum absolute atomic E-state index is 13.6. The van der Waals surface area contributed by atoms with E-state index >= 15 is 0 Å². The minimum absolute atomic E-state index is 0.00665. The summed E-state index contributed by atoms with van der Waals surface area (Å²) in [5.74, 6) is -8.43. The van der Waals surface area contributed by atoms with Gasteiger partial charge in [0.1, 0.15) is 12.4 Å². The average Bonchev–Trinajstić information content (AvgIpc) is 3.25. The number of amides is 1. The predicted molar refractivity (Wildman–Crippen MR) is 88.7 cm³/mol. The van der Waals surface area contributed by atoms with Gasteiger partial charge in [0, 0.05) is 13.1 Å². The smallest absolute Gasteiger partial charge is 0.287 e. The Bertz CT molecular complexity index is 989. The van der Waals surface area contributed by atoms with Gasteiger partial charge in [0.05, 0.1) is 23.5 Å². The van der Waals surface area contributed by atoms with Crippen LogP contribution < -0.4 is 10.1 Å². The highest BCUT2D eigenvalue weighted by Crippen LogP contribution is 2.27. The minimum Gasteiger partial charge on any atom is -0.479 e. The molecule has 0 bridgehead atoms. The van der Waals surface area contributed by atoms with E-state index in [0.717, 1.165) is 0 Å². The van der Waals surface area contributed by atoms with E-state index in [2.05, 4.69) is 10.4 Å². The number of carbonyl (C=O) groups is 1. The van der Waals surface area contributed by atoms with Gasteiger partial charge in [-0.15, -0.1) is 0 Å². The number of aromatic nitrogens is 2. The normalized spacial score (nSPS) is 10.9. The molecular formula is C17H12ClF4N3O3. The number of hydrogen-bond acceptors (Lipinski definition) is 4. The molecule has 1 amide bonds. The van der Waals surface area contributed by atoms with Crippen LogP contribution in [0.5, 0.6) is 5.75 Å². The summed E-state index contributed by atoms with van der Waals surface area (Å²) in [7, 11) is 1.66. The predicted octanol–water partition coefficient (Wildman–Crippen LogP) is 3.73. The van der Waals surface area contributed by atoms with Crippen LogP contribution in [0, 0.1) is 23.3 Å². The van der Waals surface area contributed by atoms with E-state index < -0.39 is 41.5 Å². The highest BCUT2D eigenvalue weighted by Gasteiger charge is 2.21. The van der Waals surface area contributed by atoms with Crippen LogP contribution in [0.25, 0.3) is 0 Å². The molecule has 1 N–H and O–H groups in total. The molecule has 0 aliphatic carbocycles. The van der Waals surface area contributed by atoms with E-state index in [1.165, 1.54) is 23.0 Å². The first kappa shape index (κ1) is 19.7. The van der Waals surface area contributed by atoms with E-state index in [4.69, 9.17) is 20.8 Å². The van der Waals surface area contributed by atoms with Gasteiger partial charge in [-0.05, 0) is 12.1 Å². The molecule has 0 saturated carbocycles. The molecule has 2 aromatic heterocycles. The number of halogens is 5. The zero-order valence-electron chi connectivity index (χ0n) is 14.2. The minimum atomic E-state index is -1.67. The molecule has 28 heavy (non-hydrogen) atoms. The quantitative estimate of drug-likeness (QED) is 0.490. The van der Waals surface area contributed by atoms with Crippen molar-refractivity contribution < 1.29 is 31.5 Å². The molecule has 0 saturated heterocycles. The van der Waals surface area contributed by atoms with Crippen LogP contribution in [0.15, 0.2) is 28.8 Å². The average molecular weight is 418 g/mol. The van der Waals surface area contributed by atoms with Crippen LogP contribution in [0.3, 0.4) is 0 Å². The van der Waals surface area contributed by atoms with E-state index in [0.29, 0.717) is 10.7 Å². The van der Waals surface area contributed by atoms with Crippen molar-refractivity contribution in [3.05, 3.63) is 69.9 Å². The Kier molecular flexibility index (Phi) is 5.59. The number of aryl methyl sites for hydroxylation is 1. The molecular weight excluding hydrogens is 406 g/mol. The summed E-state index contributed by atoms with van der Waals surface area (Å²) in [5.41, 5.74) is 0.573. The summed E-state index contributed by atoms with van der Waals surface area (Å²) < 4.78 is 64.9. The van der Waals surface area contributed by atoms with Gasteiger partial charge in [0.2, 0.25) is 11.6 Å². The van der Waals surface area contributed by atoms with Gasteiger partial charge >= 0.3 is 0 Å². The molecule has 3 rings (SSSR count). The molecule has 11 heteroatoms. The molecule has 0 spiro atoms. The van der Waals surface area contributed by atoms with Crippen molar-refractivity contribution in [2.75, 3.05) is 0 Å². The highest BCUT2D eigenvalue weighted by atomic mass is 35.5. The molecule has 2 heterocycles. The number of benzene rings is 1. The lowest BCUT2D eigenvalue weighted by Crippen LogP contribution is -2.23. The summed E-state index contributed by atoms with van der Waals surface area (Å²) in [6.07, 6.45) is 1.43. The van der Waals surface area contributed by atoms with Gasteiger partial charge < -0.3 is 14.5 Å². The maximum atomic E-state index is 13.6. The Morgan fingerprint density at radius 1 is 1.25 bits per heavy atom. The molecule has 0 fully saturated rings. The molecule has 1 aromatic carbocycles. The van der Waals surface area contributed by atoms with Crippen LogP contribution in [0.4, 0.5) is 17.6 Å². The number of rotatable bonds is 6. The van der Waals surface area contributed by atoms with Crippen LogP contribution in [-0.4, -0.2) is 15.7 Å². The maximum Gasteiger partial charge on any atom is 0.287 e. The second kappa shape index (κ2) is 7.93. The van der Waals surface area contributed by atoms with Gasteiger partial charge in [-0.1, -0.05) is 11.6 Å². The summed E-state index contributed by atoms with van der Waals surface area (Å²) in [5, 5.41) is 6.87. The number of ether oxygens (including phenoxy) is 1. The molecule has 148 valence electrons. The second-order valence-corrected chi connectivity index (χ2v) is 6.00. The van der Waals surface area contributed by atoms with Gasteiger partial charge in [0.25, 0.3) is 5.91 Å². The van der Waals surface area contributed by atoms with Crippen LogP contribution in [0.2, 0.25) is 5.02 Å². The van der Waals surface area contributed by atoms with Gasteiger partial charge in [-0.25, -0.2) is 8.78 Å². The Balaban J connectivity index is 1.64. The van der Waals surface area contributed by atoms with Gasteiger partial charge in [0.15, 0.2) is 23.1 Å². The van der Waals surface area contributed by atoms with E-state index in [9.17, 15) is 22.4 Å². The van der Waals surface area contributed by atoms with E-state index in [1.54, 1.807) is 7.05 Å². The molecule has 0 unspecified atom stereocenters. The first-order valence-corrected chi connectivity index (χ1v) is 8.14. The Labute approximate surface area is 160 Å². The Morgan fingerprint density at radius 3 is 2.54 bits per heavy atom. The number of hydrogen-bond donors (Lipinski definition) is 1. The Hall–Kier alpha value is -3.01. The zero-order valence-corrected chi connectivity index (χ0v) is 15.0. The number of carbonyl (C=O) groups excluding carboxylic acids is 1. The fraction of sp³-hybridized carbons (Fsp3) is 0.176. The lowest BCUT2D eigenvalue weighted by Gasteiger charge is -2.08. The molecule has 0 atom stereocenters. The lowest BCUT2D eigenvalue weighted by atomic mass is 10.3. The van der Waals surface area contributed by atoms with Crippen molar-refractivity contribution in [2.45, 2.75) is 13.2 Å². The Morgan fingerprint density at radius 2 is 1.93 bits per heavy atom. The number of nitrogens with zero attached hydrogens (tertiary/aromatic N) is 2. The number of furan rings is 1. The summed E-state index contributed by atoms with van der Waals surface area (Å²) in [6, 6.07) is 2.69. The van der Waals surface area contributed by atoms with Crippen molar-refractivity contribution >= 4 is 17.5 Å². The van der Waals surface area contributed by atoms with E-state index in [-0.39, 0.29) is 24.1 Å². The topological polar surface area (TPSA) is 69.3 Å². The zero-order chi connectivity index (χ0) is 20.4. The van der Waals surface area contributed by atoms with E-state index in [1.807, 2.05) is 0 Å². The SMILES string of the molecule is Cn1ncc(Cl)c1CNC(=O)c1ccc(COc2c(F)c(F)cc(F)c2F)o1. The van der Waals surface area contributed by atoms with Crippen molar-refractivity contribution in [1.29, 1.82) is 0 Å². The molecule has 0 aliphatic heterocycles. The van der Waals surface area contributed by atoms with Crippen LogP contribution in [-0.2, 0) is 20.2 Å². The first-order chi connectivity index (χ1) is 13.3. The fourth-order valence-electron chi connectivity index (χ4n) is 2.28. The monoisotopic (exact) mass is 417 g/mol. The summed E-state index contributed by atoms with van der Waals surface area (Å²) in [6.45, 7) is -0.475. The van der Waals surface area contributed by atoms with Crippen LogP contribution >= 0.6 is 11.6 Å². The van der Waals surface area contributed by atoms with Crippen LogP contribution in [0.1, 0.15) is 22.0 Å². The standard InChI is InChI=1S/C17H12ClF4N3O3/c1-25-12(9(18)5-24-25)6-23-17(26)13-3-2-8(28-13)7-27-16-14(21)10(19)4-11(20)15(16)22/h2-5H,6-7H2,1H3,(H,23,26).